The highest BCUT2D eigenvalue weighted by Gasteiger charge is 2.12. The summed E-state index contributed by atoms with van der Waals surface area (Å²) in [7, 11) is -0.981. The first-order valence-corrected chi connectivity index (χ1v) is 11.0. The van der Waals surface area contributed by atoms with Gasteiger partial charge >= 0.3 is 0 Å². The molecular formula is C10H19BrN2OSSi. The summed E-state index contributed by atoms with van der Waals surface area (Å²) in [6, 6.07) is 3.20. The highest BCUT2D eigenvalue weighted by molar-refractivity contribution is 9.10. The lowest BCUT2D eigenvalue weighted by Crippen LogP contribution is -2.22. The largest absolute Gasteiger partial charge is 0.359 e. The van der Waals surface area contributed by atoms with E-state index in [1.54, 1.807) is 11.8 Å². The standard InChI is InChI=1S/C10H19BrN2OSSi/c1-15-10-7-9(11)12-13(10)8-14-5-6-16(2,3)4/h7H,5-6,8H2,1-4H3. The van der Waals surface area contributed by atoms with Crippen LogP contribution in [0.2, 0.25) is 25.7 Å². The third kappa shape index (κ3) is 5.03. The van der Waals surface area contributed by atoms with Gasteiger partial charge in [-0.05, 0) is 28.2 Å². The summed E-state index contributed by atoms with van der Waals surface area (Å²) in [6.07, 6.45) is 2.04. The average molecular weight is 323 g/mol. The molecule has 0 aliphatic carbocycles. The minimum atomic E-state index is -0.981. The van der Waals surface area contributed by atoms with Gasteiger partial charge in [-0.1, -0.05) is 19.6 Å². The second kappa shape index (κ2) is 6.23. The molecule has 0 aromatic carbocycles. The lowest BCUT2D eigenvalue weighted by atomic mass is 10.7. The van der Waals surface area contributed by atoms with Gasteiger partial charge in [0.25, 0.3) is 0 Å². The number of hydrogen-bond acceptors (Lipinski definition) is 3. The normalized spacial score (nSPS) is 12.1. The molecule has 1 aromatic rings. The summed E-state index contributed by atoms with van der Waals surface area (Å²) in [5.41, 5.74) is 0. The summed E-state index contributed by atoms with van der Waals surface area (Å²) < 4.78 is 8.41. The molecule has 0 aliphatic heterocycles. The Morgan fingerprint density at radius 2 is 2.19 bits per heavy atom. The number of rotatable bonds is 6. The molecule has 1 aromatic heterocycles. The third-order valence-corrected chi connectivity index (χ3v) is 4.97. The second-order valence-electron chi connectivity index (χ2n) is 4.86. The molecule has 0 amide bonds. The lowest BCUT2D eigenvalue weighted by Gasteiger charge is -2.15. The number of thioether (sulfide) groups is 1. The van der Waals surface area contributed by atoms with Crippen LogP contribution in [0.1, 0.15) is 0 Å². The average Bonchev–Trinajstić information content (AvgIpc) is 2.52. The van der Waals surface area contributed by atoms with Crippen molar-refractivity contribution in [2.45, 2.75) is 37.4 Å². The number of nitrogens with zero attached hydrogens (tertiary/aromatic N) is 2. The monoisotopic (exact) mass is 322 g/mol. The molecule has 0 spiro atoms. The minimum absolute atomic E-state index is 0.548. The Labute approximate surface area is 111 Å². The maximum absolute atomic E-state index is 5.65. The summed E-state index contributed by atoms with van der Waals surface area (Å²) >= 11 is 5.05. The van der Waals surface area contributed by atoms with Crippen LogP contribution in [0.25, 0.3) is 0 Å². The van der Waals surface area contributed by atoms with E-state index in [0.717, 1.165) is 16.2 Å². The topological polar surface area (TPSA) is 27.1 Å². The quantitative estimate of drug-likeness (QED) is 0.454. The van der Waals surface area contributed by atoms with Gasteiger partial charge in [0.05, 0.1) is 5.03 Å². The van der Waals surface area contributed by atoms with Crippen molar-refractivity contribution >= 4 is 35.8 Å². The summed E-state index contributed by atoms with van der Waals surface area (Å²) in [5.74, 6) is 0. The molecule has 1 rings (SSSR count). The van der Waals surface area contributed by atoms with E-state index in [1.807, 2.05) is 17.0 Å². The fraction of sp³-hybridized carbons (Fsp3) is 0.700. The Morgan fingerprint density at radius 3 is 2.75 bits per heavy atom. The molecule has 0 fully saturated rings. The molecule has 1 heterocycles. The van der Waals surface area contributed by atoms with E-state index in [0.29, 0.717) is 6.73 Å². The molecule has 0 saturated heterocycles. The van der Waals surface area contributed by atoms with Crippen LogP contribution in [0.15, 0.2) is 15.7 Å². The predicted molar refractivity (Wildman–Crippen MR) is 75.8 cm³/mol. The molecule has 0 bridgehead atoms. The smallest absolute Gasteiger partial charge is 0.140 e. The molecular weight excluding hydrogens is 304 g/mol. The first-order chi connectivity index (χ1) is 7.42. The van der Waals surface area contributed by atoms with E-state index in [-0.39, 0.29) is 0 Å². The van der Waals surface area contributed by atoms with Gasteiger partial charge in [-0.2, -0.15) is 5.10 Å². The number of ether oxygens (including phenoxy) is 1. The van der Waals surface area contributed by atoms with Crippen LogP contribution < -0.4 is 0 Å². The van der Waals surface area contributed by atoms with E-state index >= 15 is 0 Å². The van der Waals surface area contributed by atoms with Crippen LogP contribution in [0, 0.1) is 0 Å². The lowest BCUT2D eigenvalue weighted by molar-refractivity contribution is 0.0724. The first kappa shape index (κ1) is 14.3. The van der Waals surface area contributed by atoms with Crippen molar-refractivity contribution in [1.29, 1.82) is 0 Å². The van der Waals surface area contributed by atoms with Crippen LogP contribution in [-0.2, 0) is 11.5 Å². The fourth-order valence-corrected chi connectivity index (χ4v) is 3.01. The molecule has 0 aliphatic rings. The molecule has 16 heavy (non-hydrogen) atoms. The van der Waals surface area contributed by atoms with Crippen LogP contribution in [0.4, 0.5) is 0 Å². The maximum Gasteiger partial charge on any atom is 0.140 e. The third-order valence-electron chi connectivity index (χ3n) is 2.13. The summed E-state index contributed by atoms with van der Waals surface area (Å²) in [5, 5.41) is 5.44. The Bertz CT molecular complexity index is 338. The SMILES string of the molecule is CSc1cc(Br)nn1COCC[Si](C)(C)C. The van der Waals surface area contributed by atoms with Crippen molar-refractivity contribution in [2.75, 3.05) is 12.9 Å². The first-order valence-electron chi connectivity index (χ1n) is 5.27. The molecule has 0 radical (unpaired) electrons. The zero-order valence-corrected chi connectivity index (χ0v) is 13.7. The van der Waals surface area contributed by atoms with Gasteiger partial charge < -0.3 is 4.74 Å². The van der Waals surface area contributed by atoms with Crippen molar-refractivity contribution in [2.24, 2.45) is 0 Å². The zero-order valence-electron chi connectivity index (χ0n) is 10.3. The summed E-state index contributed by atoms with van der Waals surface area (Å²) in [4.78, 5) is 0. The van der Waals surface area contributed by atoms with Gasteiger partial charge in [0.15, 0.2) is 0 Å². The van der Waals surface area contributed by atoms with Gasteiger partial charge in [-0.3, -0.25) is 0 Å². The van der Waals surface area contributed by atoms with Crippen LogP contribution in [0.3, 0.4) is 0 Å². The zero-order chi connectivity index (χ0) is 12.2. The Balaban J connectivity index is 2.37. The number of aromatic nitrogens is 2. The molecule has 0 N–H and O–H groups in total. The molecule has 3 nitrogen and oxygen atoms in total. The molecule has 0 atom stereocenters. The van der Waals surface area contributed by atoms with Gasteiger partial charge in [-0.15, -0.1) is 11.8 Å². The van der Waals surface area contributed by atoms with Crippen LogP contribution >= 0.6 is 27.7 Å². The number of hydrogen-bond donors (Lipinski definition) is 0. The van der Waals surface area contributed by atoms with Crippen molar-refractivity contribution in [3.8, 4) is 0 Å². The Morgan fingerprint density at radius 1 is 1.50 bits per heavy atom. The van der Waals surface area contributed by atoms with Crippen LogP contribution in [-0.4, -0.2) is 30.7 Å². The second-order valence-corrected chi connectivity index (χ2v) is 12.1. The van der Waals surface area contributed by atoms with E-state index in [4.69, 9.17) is 4.74 Å². The van der Waals surface area contributed by atoms with Crippen molar-refractivity contribution in [3.05, 3.63) is 10.7 Å². The molecule has 92 valence electrons. The van der Waals surface area contributed by atoms with Gasteiger partial charge in [0.1, 0.15) is 11.3 Å². The van der Waals surface area contributed by atoms with Gasteiger partial charge in [0.2, 0.25) is 0 Å². The van der Waals surface area contributed by atoms with Crippen LogP contribution in [0.5, 0.6) is 0 Å². The van der Waals surface area contributed by atoms with Crippen molar-refractivity contribution < 1.29 is 4.74 Å². The van der Waals surface area contributed by atoms with Gasteiger partial charge in [0, 0.05) is 20.7 Å². The van der Waals surface area contributed by atoms with E-state index in [1.165, 1.54) is 6.04 Å². The highest BCUT2D eigenvalue weighted by Crippen LogP contribution is 2.19. The molecule has 0 saturated carbocycles. The van der Waals surface area contributed by atoms with E-state index in [9.17, 15) is 0 Å². The fourth-order valence-electron chi connectivity index (χ4n) is 1.16. The Kier molecular flexibility index (Phi) is 5.56. The van der Waals surface area contributed by atoms with Crippen molar-refractivity contribution in [1.82, 2.24) is 9.78 Å². The summed E-state index contributed by atoms with van der Waals surface area (Å²) in [6.45, 7) is 8.45. The molecule has 0 unspecified atom stereocenters. The van der Waals surface area contributed by atoms with Gasteiger partial charge in [-0.25, -0.2) is 4.68 Å². The van der Waals surface area contributed by atoms with Crippen molar-refractivity contribution in [3.63, 3.8) is 0 Å². The number of halogens is 1. The highest BCUT2D eigenvalue weighted by atomic mass is 79.9. The van der Waals surface area contributed by atoms with E-state index in [2.05, 4.69) is 40.7 Å². The van der Waals surface area contributed by atoms with E-state index < -0.39 is 8.07 Å². The maximum atomic E-state index is 5.65. The predicted octanol–water partition coefficient (Wildman–Crippen LogP) is 3.68. The minimum Gasteiger partial charge on any atom is -0.359 e. The Hall–Kier alpha value is 0.217. The molecule has 6 heteroatoms.